The van der Waals surface area contributed by atoms with E-state index in [1.54, 1.807) is 13.1 Å². The van der Waals surface area contributed by atoms with E-state index in [9.17, 15) is 14.0 Å². The average molecular weight is 482 g/mol. The van der Waals surface area contributed by atoms with Crippen LogP contribution in [0.4, 0.5) is 10.3 Å². The number of fused-ring (bicyclic) bond motifs is 3. The fourth-order valence-corrected chi connectivity index (χ4v) is 4.91. The topological polar surface area (TPSA) is 65.1 Å². The van der Waals surface area contributed by atoms with Crippen molar-refractivity contribution in [3.63, 3.8) is 0 Å². The number of imidazole rings is 1. The summed E-state index contributed by atoms with van der Waals surface area (Å²) < 4.78 is 18.7. The molecule has 4 aromatic rings. The summed E-state index contributed by atoms with van der Waals surface area (Å²) in [4.78, 5) is 33.6. The molecule has 0 fully saturated rings. The quantitative estimate of drug-likeness (QED) is 0.438. The second-order valence-electron chi connectivity index (χ2n) is 8.91. The second kappa shape index (κ2) is 8.76. The highest BCUT2D eigenvalue weighted by molar-refractivity contribution is 6.31. The smallest absolute Gasteiger partial charge is 0.332 e. The highest BCUT2D eigenvalue weighted by atomic mass is 35.5. The van der Waals surface area contributed by atoms with Crippen molar-refractivity contribution in [1.82, 2.24) is 18.7 Å². The average Bonchev–Trinajstić information content (AvgIpc) is 3.21. The number of nitrogens with zero attached hydrogens (tertiary/aromatic N) is 5. The van der Waals surface area contributed by atoms with Gasteiger partial charge in [0, 0.05) is 37.3 Å². The standard InChI is InChI=1S/C25H25ClFN5O2/c1-16-13-30(12-11-17-7-4-3-5-8-17)24-28-22-21(31(24)14-16)23(33)32(25(34)29(22)2)15-18-19(26)9-6-10-20(18)27/h3-10,16H,11-15H2,1-2H3. The van der Waals surface area contributed by atoms with Gasteiger partial charge < -0.3 is 9.47 Å². The van der Waals surface area contributed by atoms with Crippen LogP contribution < -0.4 is 16.1 Å². The van der Waals surface area contributed by atoms with Crippen molar-refractivity contribution in [3.05, 3.63) is 91.3 Å². The van der Waals surface area contributed by atoms with E-state index in [0.717, 1.165) is 24.1 Å². The molecule has 1 aliphatic rings. The van der Waals surface area contributed by atoms with E-state index in [1.165, 1.54) is 22.3 Å². The molecule has 2 aromatic carbocycles. The Hall–Kier alpha value is -3.39. The summed E-state index contributed by atoms with van der Waals surface area (Å²) >= 11 is 6.17. The molecule has 0 N–H and O–H groups in total. The maximum absolute atomic E-state index is 14.4. The van der Waals surface area contributed by atoms with E-state index >= 15 is 0 Å². The SMILES string of the molecule is CC1CN(CCc2ccccc2)c2nc3c(c(=O)n(Cc4c(F)cccc4Cl)c(=O)n3C)n2C1. The van der Waals surface area contributed by atoms with Gasteiger partial charge >= 0.3 is 5.69 Å². The predicted octanol–water partition coefficient (Wildman–Crippen LogP) is 3.44. The van der Waals surface area contributed by atoms with Gasteiger partial charge in [0.25, 0.3) is 5.56 Å². The lowest BCUT2D eigenvalue weighted by Gasteiger charge is -2.33. The molecule has 9 heteroatoms. The summed E-state index contributed by atoms with van der Waals surface area (Å²) in [6.45, 7) is 4.04. The summed E-state index contributed by atoms with van der Waals surface area (Å²) in [5.74, 6) is 0.405. The molecule has 0 saturated heterocycles. The van der Waals surface area contributed by atoms with Crippen molar-refractivity contribution in [2.24, 2.45) is 13.0 Å². The molecule has 34 heavy (non-hydrogen) atoms. The molecule has 1 aliphatic heterocycles. The Morgan fingerprint density at radius 2 is 1.85 bits per heavy atom. The lowest BCUT2D eigenvalue weighted by Crippen LogP contribution is -2.41. The third-order valence-electron chi connectivity index (χ3n) is 6.41. The van der Waals surface area contributed by atoms with E-state index in [0.29, 0.717) is 23.7 Å². The van der Waals surface area contributed by atoms with Crippen LogP contribution in [0.3, 0.4) is 0 Å². The predicted molar refractivity (Wildman–Crippen MR) is 131 cm³/mol. The molecule has 0 saturated carbocycles. The molecule has 0 spiro atoms. The van der Waals surface area contributed by atoms with Crippen molar-refractivity contribution < 1.29 is 4.39 Å². The van der Waals surface area contributed by atoms with Crippen molar-refractivity contribution in [3.8, 4) is 0 Å². The van der Waals surface area contributed by atoms with Gasteiger partial charge in [-0.15, -0.1) is 0 Å². The summed E-state index contributed by atoms with van der Waals surface area (Å²) in [6.07, 6.45) is 0.839. The molecule has 0 bridgehead atoms. The number of rotatable bonds is 5. The van der Waals surface area contributed by atoms with Crippen molar-refractivity contribution >= 4 is 28.7 Å². The molecule has 3 heterocycles. The highest BCUT2D eigenvalue weighted by Gasteiger charge is 2.29. The van der Waals surface area contributed by atoms with Gasteiger partial charge in [0.15, 0.2) is 11.2 Å². The molecule has 0 radical (unpaired) electrons. The zero-order valence-electron chi connectivity index (χ0n) is 19.0. The van der Waals surface area contributed by atoms with Crippen molar-refractivity contribution in [2.45, 2.75) is 26.4 Å². The number of hydrogen-bond donors (Lipinski definition) is 0. The van der Waals surface area contributed by atoms with Gasteiger partial charge in [-0.3, -0.25) is 13.9 Å². The number of halogens is 2. The van der Waals surface area contributed by atoms with Gasteiger partial charge in [0.1, 0.15) is 5.82 Å². The van der Waals surface area contributed by atoms with Crippen LogP contribution in [-0.4, -0.2) is 31.8 Å². The lowest BCUT2D eigenvalue weighted by molar-refractivity contribution is 0.436. The van der Waals surface area contributed by atoms with Gasteiger partial charge in [-0.1, -0.05) is 54.9 Å². The van der Waals surface area contributed by atoms with E-state index in [4.69, 9.17) is 16.6 Å². The highest BCUT2D eigenvalue weighted by Crippen LogP contribution is 2.27. The van der Waals surface area contributed by atoms with Crippen molar-refractivity contribution in [2.75, 3.05) is 18.0 Å². The summed E-state index contributed by atoms with van der Waals surface area (Å²) in [6, 6.07) is 14.5. The Balaban J connectivity index is 1.61. The molecule has 5 rings (SSSR count). The minimum absolute atomic E-state index is 0.110. The molecule has 1 unspecified atom stereocenters. The Bertz CT molecular complexity index is 1470. The van der Waals surface area contributed by atoms with E-state index in [2.05, 4.69) is 24.0 Å². The van der Waals surface area contributed by atoms with E-state index in [1.807, 2.05) is 22.8 Å². The maximum Gasteiger partial charge on any atom is 0.332 e. The monoisotopic (exact) mass is 481 g/mol. The Morgan fingerprint density at radius 3 is 2.59 bits per heavy atom. The van der Waals surface area contributed by atoms with Crippen LogP contribution in [0.25, 0.3) is 11.2 Å². The van der Waals surface area contributed by atoms with Crippen LogP contribution in [0.15, 0.2) is 58.1 Å². The number of anilines is 1. The fourth-order valence-electron chi connectivity index (χ4n) is 4.68. The van der Waals surface area contributed by atoms with Crippen molar-refractivity contribution in [1.29, 1.82) is 0 Å². The van der Waals surface area contributed by atoms with E-state index in [-0.39, 0.29) is 23.0 Å². The van der Waals surface area contributed by atoms with Gasteiger partial charge in [0.05, 0.1) is 6.54 Å². The minimum atomic E-state index is -0.559. The molecule has 1 atom stereocenters. The summed E-state index contributed by atoms with van der Waals surface area (Å²) in [5.41, 5.74) is 0.962. The summed E-state index contributed by atoms with van der Waals surface area (Å²) in [5, 5.41) is 0.171. The first kappa shape index (κ1) is 22.4. The molecule has 0 amide bonds. The van der Waals surface area contributed by atoms with Gasteiger partial charge in [0.2, 0.25) is 5.95 Å². The van der Waals surface area contributed by atoms with Crippen LogP contribution in [0.5, 0.6) is 0 Å². The zero-order chi connectivity index (χ0) is 24.0. The third-order valence-corrected chi connectivity index (χ3v) is 6.77. The molecular weight excluding hydrogens is 457 g/mol. The second-order valence-corrected chi connectivity index (χ2v) is 9.32. The largest absolute Gasteiger partial charge is 0.342 e. The first-order chi connectivity index (χ1) is 16.3. The lowest BCUT2D eigenvalue weighted by atomic mass is 10.1. The Morgan fingerprint density at radius 1 is 1.09 bits per heavy atom. The first-order valence-corrected chi connectivity index (χ1v) is 11.6. The molecular formula is C25H25ClFN5O2. The number of benzene rings is 2. The third kappa shape index (κ3) is 3.81. The number of aromatic nitrogens is 4. The van der Waals surface area contributed by atoms with Gasteiger partial charge in [-0.05, 0) is 30.0 Å². The fraction of sp³-hybridized carbons (Fsp3) is 0.320. The first-order valence-electron chi connectivity index (χ1n) is 11.3. The van der Waals surface area contributed by atoms with E-state index < -0.39 is 17.1 Å². The number of aryl methyl sites for hydroxylation is 1. The van der Waals surface area contributed by atoms with Crippen LogP contribution in [0.2, 0.25) is 5.02 Å². The van der Waals surface area contributed by atoms with Gasteiger partial charge in [-0.25, -0.2) is 9.18 Å². The van der Waals surface area contributed by atoms with Crippen LogP contribution in [-0.2, 0) is 26.6 Å². The van der Waals surface area contributed by atoms with Gasteiger partial charge in [-0.2, -0.15) is 4.98 Å². The Labute approximate surface area is 200 Å². The summed E-state index contributed by atoms with van der Waals surface area (Å²) in [7, 11) is 1.58. The van der Waals surface area contributed by atoms with Crippen LogP contribution in [0.1, 0.15) is 18.1 Å². The normalized spacial score (nSPS) is 15.6. The molecule has 176 valence electrons. The molecule has 0 aliphatic carbocycles. The Kier molecular flexibility index (Phi) is 5.77. The number of hydrogen-bond acceptors (Lipinski definition) is 4. The molecule has 7 nitrogen and oxygen atoms in total. The zero-order valence-corrected chi connectivity index (χ0v) is 19.8. The minimum Gasteiger partial charge on any atom is -0.342 e. The molecule has 2 aromatic heterocycles. The maximum atomic E-state index is 14.4. The van der Waals surface area contributed by atoms with Crippen LogP contribution >= 0.6 is 11.6 Å². The van der Waals surface area contributed by atoms with Crippen LogP contribution in [0, 0.1) is 11.7 Å².